The Kier molecular flexibility index (Phi) is 10.4. The van der Waals surface area contributed by atoms with Crippen molar-refractivity contribution in [3.63, 3.8) is 0 Å². The maximum atomic E-state index is 4.33. The zero-order valence-corrected chi connectivity index (χ0v) is 9.82. The van der Waals surface area contributed by atoms with E-state index >= 15 is 0 Å². The second-order valence-electron chi connectivity index (χ2n) is 2.61. The van der Waals surface area contributed by atoms with E-state index < -0.39 is 0 Å². The Morgan fingerprint density at radius 1 is 0.812 bits per heavy atom. The van der Waals surface area contributed by atoms with Gasteiger partial charge in [-0.25, -0.2) is 12.1 Å². The Balaban J connectivity index is 0.000000205. The molecular weight excluding hydrogens is 242 g/mol. The molecule has 0 saturated carbocycles. The van der Waals surface area contributed by atoms with Gasteiger partial charge in [-0.15, -0.1) is 0 Å². The van der Waals surface area contributed by atoms with Gasteiger partial charge < -0.3 is 34.9 Å². The monoisotopic (exact) mass is 255 g/mol. The van der Waals surface area contributed by atoms with E-state index in [4.69, 9.17) is 0 Å². The van der Waals surface area contributed by atoms with Gasteiger partial charge in [0.05, 0.1) is 6.20 Å². The summed E-state index contributed by atoms with van der Waals surface area (Å²) in [6.07, 6.45) is 3.10. The number of nitrogens with zero attached hydrogens (tertiary/aromatic N) is 1. The van der Waals surface area contributed by atoms with Gasteiger partial charge >= 0.3 is 0 Å². The summed E-state index contributed by atoms with van der Waals surface area (Å²) < 4.78 is 4.33. The van der Waals surface area contributed by atoms with Crippen LogP contribution in [0.2, 0.25) is 0 Å². The first-order valence-corrected chi connectivity index (χ1v) is 4.68. The summed E-state index contributed by atoms with van der Waals surface area (Å²) >= 11 is 0. The zero-order valence-electron chi connectivity index (χ0n) is 8.71. The first-order chi connectivity index (χ1) is 7.50. The van der Waals surface area contributed by atoms with Crippen molar-refractivity contribution in [3.05, 3.63) is 79.2 Å². The molecule has 0 radical (unpaired) electrons. The molecule has 1 heterocycles. The summed E-state index contributed by atoms with van der Waals surface area (Å²) in [5, 5.41) is 3.35. The summed E-state index contributed by atoms with van der Waals surface area (Å²) in [4.78, 5) is 0. The van der Waals surface area contributed by atoms with E-state index in [0.717, 1.165) is 0 Å². The molecule has 0 unspecified atom stereocenters. The van der Waals surface area contributed by atoms with E-state index in [1.165, 1.54) is 6.26 Å². The third kappa shape index (κ3) is 9.00. The van der Waals surface area contributed by atoms with Crippen molar-refractivity contribution in [2.24, 2.45) is 0 Å². The summed E-state index contributed by atoms with van der Waals surface area (Å²) in [5.74, 6) is 0. The molecule has 0 N–H and O–H groups in total. The van der Waals surface area contributed by atoms with Gasteiger partial charge in [0.25, 0.3) is 0 Å². The predicted octanol–water partition coefficient (Wildman–Crippen LogP) is 3.48. The molecule has 0 fully saturated rings. The van der Waals surface area contributed by atoms with E-state index in [0.29, 0.717) is 0 Å². The van der Waals surface area contributed by atoms with Gasteiger partial charge in [-0.3, -0.25) is 0 Å². The van der Waals surface area contributed by atoms with Crippen LogP contribution in [0, 0.1) is 0 Å². The van der Waals surface area contributed by atoms with Gasteiger partial charge in [-0.1, -0.05) is 5.16 Å². The molecule has 0 aliphatic heterocycles. The van der Waals surface area contributed by atoms with Gasteiger partial charge in [0, 0.05) is 17.1 Å². The van der Waals surface area contributed by atoms with Crippen LogP contribution >= 0.6 is 0 Å². The van der Waals surface area contributed by atoms with Gasteiger partial charge in [0.15, 0.2) is 0 Å². The molecule has 0 aliphatic rings. The van der Waals surface area contributed by atoms with Crippen LogP contribution in [0.3, 0.4) is 0 Å². The SMILES string of the molecule is [Fe].[cH-]1[cH-][cH-][cH-][cH-]1.c1cc[cH-]c1.c1cnoc1. The van der Waals surface area contributed by atoms with Gasteiger partial charge in [0.2, 0.25) is 0 Å². The van der Waals surface area contributed by atoms with E-state index in [-0.39, 0.29) is 17.1 Å². The molecule has 2 nitrogen and oxygen atoms in total. The Hall–Kier alpha value is -1.57. The van der Waals surface area contributed by atoms with E-state index in [2.05, 4.69) is 9.68 Å². The molecule has 1 aromatic heterocycles. The van der Waals surface area contributed by atoms with Crippen molar-refractivity contribution in [2.75, 3.05) is 0 Å². The maximum absolute atomic E-state index is 4.33. The van der Waals surface area contributed by atoms with Crippen LogP contribution in [0.4, 0.5) is 0 Å². The normalized spacial score (nSPS) is 7.50. The van der Waals surface area contributed by atoms with Crippen LogP contribution in [0.5, 0.6) is 0 Å². The van der Waals surface area contributed by atoms with Gasteiger partial charge in [-0.05, 0) is 6.07 Å². The maximum Gasteiger partial charge on any atom is 0.123 e. The quantitative estimate of drug-likeness (QED) is 0.454. The molecule has 0 atom stereocenters. The molecule has 0 saturated heterocycles. The average molecular weight is 255 g/mol. The van der Waals surface area contributed by atoms with Gasteiger partial charge in [-0.2, -0.15) is 18.2 Å². The third-order valence-electron chi connectivity index (χ3n) is 1.46. The topological polar surface area (TPSA) is 26.0 Å². The first kappa shape index (κ1) is 14.4. The minimum atomic E-state index is 0. The summed E-state index contributed by atoms with van der Waals surface area (Å²) in [5.41, 5.74) is 0. The fourth-order valence-electron chi connectivity index (χ4n) is 0.817. The first-order valence-electron chi connectivity index (χ1n) is 4.68. The summed E-state index contributed by atoms with van der Waals surface area (Å²) in [6, 6.07) is 21.7. The van der Waals surface area contributed by atoms with E-state index in [9.17, 15) is 0 Å². The minimum Gasteiger partial charge on any atom is -0.748 e. The van der Waals surface area contributed by atoms with Crippen molar-refractivity contribution < 1.29 is 21.6 Å². The Labute approximate surface area is 106 Å². The van der Waals surface area contributed by atoms with E-state index in [1.807, 2.05) is 60.7 Å². The molecule has 0 amide bonds. The number of rotatable bonds is 0. The Morgan fingerprint density at radius 3 is 1.56 bits per heavy atom. The van der Waals surface area contributed by atoms with Crippen LogP contribution in [0.15, 0.2) is 83.7 Å². The van der Waals surface area contributed by atoms with Gasteiger partial charge in [0.1, 0.15) is 6.26 Å². The Morgan fingerprint density at radius 2 is 1.38 bits per heavy atom. The second-order valence-corrected chi connectivity index (χ2v) is 2.61. The largest absolute Gasteiger partial charge is 0.748 e. The second kappa shape index (κ2) is 11.5. The van der Waals surface area contributed by atoms with Crippen LogP contribution < -0.4 is 0 Å². The number of hydrogen-bond acceptors (Lipinski definition) is 2. The Bertz CT molecular complexity index is 248. The van der Waals surface area contributed by atoms with Crippen LogP contribution in [-0.2, 0) is 17.1 Å². The molecule has 0 aliphatic carbocycles. The fourth-order valence-corrected chi connectivity index (χ4v) is 0.817. The smallest absolute Gasteiger partial charge is 0.123 e. The molecule has 2 aromatic carbocycles. The molecule has 3 rings (SSSR count). The molecule has 0 bridgehead atoms. The summed E-state index contributed by atoms with van der Waals surface area (Å²) in [6.45, 7) is 0. The van der Waals surface area contributed by atoms with Crippen LogP contribution in [-0.4, -0.2) is 5.16 Å². The fraction of sp³-hybridized carbons (Fsp3) is 0. The zero-order chi connectivity index (χ0) is 10.6. The molecule has 16 heavy (non-hydrogen) atoms. The number of aromatic nitrogens is 1. The molecule has 3 heteroatoms. The van der Waals surface area contributed by atoms with Crippen molar-refractivity contribution in [2.45, 2.75) is 0 Å². The van der Waals surface area contributed by atoms with Crippen molar-refractivity contribution >= 4 is 0 Å². The van der Waals surface area contributed by atoms with Crippen LogP contribution in [0.1, 0.15) is 0 Å². The minimum absolute atomic E-state index is 0. The van der Waals surface area contributed by atoms with Crippen molar-refractivity contribution in [3.8, 4) is 0 Å². The third-order valence-corrected chi connectivity index (χ3v) is 1.46. The average Bonchev–Trinajstić information content (AvgIpc) is 3.09. The molecule has 3 aromatic rings. The van der Waals surface area contributed by atoms with Crippen molar-refractivity contribution in [1.82, 2.24) is 5.16 Å². The van der Waals surface area contributed by atoms with Crippen LogP contribution in [0.25, 0.3) is 0 Å². The molecule has 90 valence electrons. The number of hydrogen-bond donors (Lipinski definition) is 0. The van der Waals surface area contributed by atoms with E-state index in [1.54, 1.807) is 12.3 Å². The standard InChI is InChI=1S/2C5H5.C3H3NO.Fe/c3*1-2-4-5-3-1;/h2*1-5H;1-3H;/q-5;-1;;. The predicted molar refractivity (Wildman–Crippen MR) is 60.6 cm³/mol. The summed E-state index contributed by atoms with van der Waals surface area (Å²) in [7, 11) is 0. The van der Waals surface area contributed by atoms with Crippen molar-refractivity contribution in [1.29, 1.82) is 0 Å². The molecule has 0 spiro atoms. The molecular formula is C13H13FeNO-6.